The Labute approximate surface area is 100 Å². The maximum absolute atomic E-state index is 5.97. The van der Waals surface area contributed by atoms with Gasteiger partial charge in [-0.2, -0.15) is 12.6 Å². The molecule has 1 atom stereocenters. The molecule has 0 aromatic carbocycles. The highest BCUT2D eigenvalue weighted by molar-refractivity contribution is 7.80. The summed E-state index contributed by atoms with van der Waals surface area (Å²) in [5.41, 5.74) is 0.392. The molecule has 2 heteroatoms. The molecule has 0 radical (unpaired) electrons. The third-order valence-corrected chi connectivity index (χ3v) is 4.29. The number of thiol groups is 1. The van der Waals surface area contributed by atoms with Gasteiger partial charge in [-0.05, 0) is 31.9 Å². The van der Waals surface area contributed by atoms with Crippen LogP contribution in [0.5, 0.6) is 0 Å². The van der Waals surface area contributed by atoms with Crippen molar-refractivity contribution < 1.29 is 4.74 Å². The normalized spacial score (nSPS) is 22.6. The second kappa shape index (κ2) is 6.80. The topological polar surface area (TPSA) is 9.23 Å². The second-order valence-corrected chi connectivity index (χ2v) is 5.45. The predicted octanol–water partition coefficient (Wildman–Crippen LogP) is 4.07. The van der Waals surface area contributed by atoms with Crippen LogP contribution < -0.4 is 0 Å². The molecule has 1 rings (SSSR count). The highest BCUT2D eigenvalue weighted by Gasteiger charge is 2.31. The Kier molecular flexibility index (Phi) is 6.06. The fourth-order valence-corrected chi connectivity index (χ4v) is 2.87. The number of hydrogen-bond donors (Lipinski definition) is 1. The summed E-state index contributed by atoms with van der Waals surface area (Å²) in [4.78, 5) is 0. The maximum atomic E-state index is 5.97. The zero-order valence-electron chi connectivity index (χ0n) is 10.3. The summed E-state index contributed by atoms with van der Waals surface area (Å²) < 4.78 is 5.97. The summed E-state index contributed by atoms with van der Waals surface area (Å²) in [6.45, 7) is 5.34. The first-order valence-corrected chi connectivity index (χ1v) is 7.08. The van der Waals surface area contributed by atoms with Crippen LogP contribution in [-0.2, 0) is 4.74 Å². The molecule has 1 fully saturated rings. The molecule has 1 unspecified atom stereocenters. The van der Waals surface area contributed by atoms with Crippen molar-refractivity contribution in [2.24, 2.45) is 5.41 Å². The van der Waals surface area contributed by atoms with Crippen LogP contribution >= 0.6 is 12.6 Å². The molecule has 90 valence electrons. The largest absolute Gasteiger partial charge is 0.378 e. The van der Waals surface area contributed by atoms with E-state index in [1.54, 1.807) is 0 Å². The molecule has 0 bridgehead atoms. The van der Waals surface area contributed by atoms with Crippen molar-refractivity contribution in [3.05, 3.63) is 0 Å². The van der Waals surface area contributed by atoms with E-state index in [0.29, 0.717) is 11.5 Å². The van der Waals surface area contributed by atoms with Crippen LogP contribution in [0.15, 0.2) is 0 Å². The summed E-state index contributed by atoms with van der Waals surface area (Å²) in [7, 11) is 0. The highest BCUT2D eigenvalue weighted by atomic mass is 32.1. The van der Waals surface area contributed by atoms with Gasteiger partial charge in [-0.1, -0.05) is 32.6 Å². The smallest absolute Gasteiger partial charge is 0.0547 e. The summed E-state index contributed by atoms with van der Waals surface area (Å²) in [5, 5.41) is 0. The van der Waals surface area contributed by atoms with Crippen molar-refractivity contribution in [3.8, 4) is 0 Å². The highest BCUT2D eigenvalue weighted by Crippen LogP contribution is 2.37. The summed E-state index contributed by atoms with van der Waals surface area (Å²) in [6, 6.07) is 0. The number of rotatable bonds is 6. The summed E-state index contributed by atoms with van der Waals surface area (Å²) in [5.74, 6) is 0.992. The van der Waals surface area contributed by atoms with Crippen molar-refractivity contribution in [3.63, 3.8) is 0 Å². The zero-order valence-corrected chi connectivity index (χ0v) is 11.2. The molecule has 0 spiro atoms. The Morgan fingerprint density at radius 1 is 1.27 bits per heavy atom. The van der Waals surface area contributed by atoms with Gasteiger partial charge in [0.2, 0.25) is 0 Å². The molecule has 1 aliphatic rings. The van der Waals surface area contributed by atoms with Gasteiger partial charge in [0.25, 0.3) is 0 Å². The Hall–Kier alpha value is 0.310. The molecule has 0 amide bonds. The van der Waals surface area contributed by atoms with Gasteiger partial charge < -0.3 is 4.74 Å². The van der Waals surface area contributed by atoms with E-state index in [0.717, 1.165) is 12.4 Å². The van der Waals surface area contributed by atoms with Crippen LogP contribution in [0.1, 0.15) is 58.8 Å². The maximum Gasteiger partial charge on any atom is 0.0547 e. The van der Waals surface area contributed by atoms with Gasteiger partial charge in [-0.3, -0.25) is 0 Å². The van der Waals surface area contributed by atoms with Crippen LogP contribution in [0.4, 0.5) is 0 Å². The molecule has 15 heavy (non-hydrogen) atoms. The fourth-order valence-electron chi connectivity index (χ4n) is 2.46. The average molecular weight is 230 g/mol. The Balaban J connectivity index is 2.32. The Morgan fingerprint density at radius 3 is 2.47 bits per heavy atom. The standard InChI is InChI=1S/C13H26OS/c1-3-7-12(2)14-10-13(11-15)8-5-4-6-9-13/h12,15H,3-11H2,1-2H3. The average Bonchev–Trinajstić information content (AvgIpc) is 2.28. The van der Waals surface area contributed by atoms with E-state index in [2.05, 4.69) is 26.5 Å². The number of hydrogen-bond acceptors (Lipinski definition) is 2. The molecule has 0 heterocycles. The lowest BCUT2D eigenvalue weighted by molar-refractivity contribution is -0.0105. The fraction of sp³-hybridized carbons (Fsp3) is 1.00. The molecule has 0 N–H and O–H groups in total. The van der Waals surface area contributed by atoms with E-state index < -0.39 is 0 Å². The van der Waals surface area contributed by atoms with Gasteiger partial charge in [0.1, 0.15) is 0 Å². The second-order valence-electron chi connectivity index (χ2n) is 5.13. The van der Waals surface area contributed by atoms with Gasteiger partial charge in [0.05, 0.1) is 12.7 Å². The lowest BCUT2D eigenvalue weighted by Gasteiger charge is -2.36. The van der Waals surface area contributed by atoms with E-state index >= 15 is 0 Å². The first-order valence-electron chi connectivity index (χ1n) is 6.45. The molecule has 0 saturated heterocycles. The van der Waals surface area contributed by atoms with Crippen molar-refractivity contribution in [1.29, 1.82) is 0 Å². The van der Waals surface area contributed by atoms with E-state index in [1.807, 2.05) is 0 Å². The van der Waals surface area contributed by atoms with E-state index in [4.69, 9.17) is 4.74 Å². The van der Waals surface area contributed by atoms with Gasteiger partial charge in [0, 0.05) is 5.41 Å². The quantitative estimate of drug-likeness (QED) is 0.677. The van der Waals surface area contributed by atoms with Gasteiger partial charge in [0.15, 0.2) is 0 Å². The molecular formula is C13H26OS. The van der Waals surface area contributed by atoms with Gasteiger partial charge in [-0.15, -0.1) is 0 Å². The SMILES string of the molecule is CCCC(C)OCC1(CS)CCCCC1. The zero-order chi connectivity index (χ0) is 11.1. The van der Waals surface area contributed by atoms with E-state index in [9.17, 15) is 0 Å². The number of ether oxygens (including phenoxy) is 1. The minimum absolute atomic E-state index is 0.392. The van der Waals surface area contributed by atoms with Crippen LogP contribution in [0.25, 0.3) is 0 Å². The van der Waals surface area contributed by atoms with Crippen molar-refractivity contribution >= 4 is 12.6 Å². The van der Waals surface area contributed by atoms with Crippen LogP contribution in [0, 0.1) is 5.41 Å². The predicted molar refractivity (Wildman–Crippen MR) is 69.7 cm³/mol. The monoisotopic (exact) mass is 230 g/mol. The Bertz CT molecular complexity index is 164. The van der Waals surface area contributed by atoms with Crippen molar-refractivity contribution in [2.45, 2.75) is 64.9 Å². The molecular weight excluding hydrogens is 204 g/mol. The van der Waals surface area contributed by atoms with Gasteiger partial charge in [-0.25, -0.2) is 0 Å². The third-order valence-electron chi connectivity index (χ3n) is 3.62. The lowest BCUT2D eigenvalue weighted by atomic mass is 9.76. The lowest BCUT2D eigenvalue weighted by Crippen LogP contribution is -2.33. The molecule has 0 aromatic rings. The Morgan fingerprint density at radius 2 is 1.93 bits per heavy atom. The van der Waals surface area contributed by atoms with Crippen LogP contribution in [0.2, 0.25) is 0 Å². The van der Waals surface area contributed by atoms with Crippen molar-refractivity contribution in [1.82, 2.24) is 0 Å². The first-order chi connectivity index (χ1) is 7.22. The van der Waals surface area contributed by atoms with E-state index in [1.165, 1.54) is 44.9 Å². The summed E-state index contributed by atoms with van der Waals surface area (Å²) in [6.07, 6.45) is 9.59. The molecule has 0 aliphatic heterocycles. The molecule has 1 nitrogen and oxygen atoms in total. The van der Waals surface area contributed by atoms with E-state index in [-0.39, 0.29) is 0 Å². The molecule has 1 aliphatic carbocycles. The minimum atomic E-state index is 0.392. The third kappa shape index (κ3) is 4.36. The van der Waals surface area contributed by atoms with Crippen molar-refractivity contribution in [2.75, 3.05) is 12.4 Å². The molecule has 1 saturated carbocycles. The molecule has 0 aromatic heterocycles. The van der Waals surface area contributed by atoms with Crippen LogP contribution in [-0.4, -0.2) is 18.5 Å². The first kappa shape index (κ1) is 13.4. The van der Waals surface area contributed by atoms with Crippen LogP contribution in [0.3, 0.4) is 0 Å². The van der Waals surface area contributed by atoms with Gasteiger partial charge >= 0.3 is 0 Å². The summed E-state index contributed by atoms with van der Waals surface area (Å²) >= 11 is 4.52. The minimum Gasteiger partial charge on any atom is -0.378 e.